The van der Waals surface area contributed by atoms with Gasteiger partial charge in [-0.3, -0.25) is 14.9 Å². The number of halogens is 3. The Bertz CT molecular complexity index is 897. The first-order valence-electron chi connectivity index (χ1n) is 7.58. The number of nitrogens with one attached hydrogen (secondary N) is 1. The number of carbonyl (C=O) groups is 2. The molecule has 2 aromatic rings. The Morgan fingerprint density at radius 3 is 2.32 bits per heavy atom. The van der Waals surface area contributed by atoms with Crippen molar-refractivity contribution in [1.29, 1.82) is 0 Å². The van der Waals surface area contributed by atoms with E-state index in [1.165, 1.54) is 31.4 Å². The van der Waals surface area contributed by atoms with E-state index in [9.17, 15) is 32.9 Å². The van der Waals surface area contributed by atoms with E-state index in [-0.39, 0.29) is 11.3 Å². The number of non-ortho nitro benzene ring substituents is 1. The molecule has 0 saturated heterocycles. The Balaban J connectivity index is 2.06. The van der Waals surface area contributed by atoms with Crippen LogP contribution >= 0.6 is 0 Å². The fourth-order valence-electron chi connectivity index (χ4n) is 2.13. The van der Waals surface area contributed by atoms with Gasteiger partial charge in [-0.05, 0) is 30.3 Å². The quantitative estimate of drug-likeness (QED) is 0.454. The van der Waals surface area contributed by atoms with Gasteiger partial charge in [0.1, 0.15) is 5.75 Å². The number of nitro groups is 1. The number of alkyl halides is 3. The zero-order valence-electron chi connectivity index (χ0n) is 14.3. The first kappa shape index (κ1) is 20.7. The van der Waals surface area contributed by atoms with Gasteiger partial charge < -0.3 is 14.8 Å². The van der Waals surface area contributed by atoms with Crippen LogP contribution in [0.15, 0.2) is 42.5 Å². The van der Waals surface area contributed by atoms with E-state index < -0.39 is 46.5 Å². The lowest BCUT2D eigenvalue weighted by molar-refractivity contribution is -0.385. The molecule has 0 radical (unpaired) electrons. The molecule has 2 aromatic carbocycles. The standard InChI is InChI=1S/C17H13F3N2O6/c1-27-16(24)10-2-5-12(6-3-10)28-9-15(23)21-14-7-4-11(22(25)26)8-13(14)17(18,19)20/h2-8H,9H2,1H3,(H,21,23). The van der Waals surface area contributed by atoms with Crippen LogP contribution in [0.1, 0.15) is 15.9 Å². The minimum Gasteiger partial charge on any atom is -0.484 e. The topological polar surface area (TPSA) is 108 Å². The number of nitrogens with zero attached hydrogens (tertiary/aromatic N) is 1. The van der Waals surface area contributed by atoms with Crippen molar-refractivity contribution in [2.24, 2.45) is 0 Å². The summed E-state index contributed by atoms with van der Waals surface area (Å²) >= 11 is 0. The lowest BCUT2D eigenvalue weighted by Crippen LogP contribution is -2.22. The van der Waals surface area contributed by atoms with Crippen LogP contribution in [0, 0.1) is 10.1 Å². The zero-order valence-corrected chi connectivity index (χ0v) is 14.3. The van der Waals surface area contributed by atoms with Gasteiger partial charge in [0.15, 0.2) is 6.61 Å². The molecule has 148 valence electrons. The highest BCUT2D eigenvalue weighted by Gasteiger charge is 2.35. The first-order chi connectivity index (χ1) is 13.1. The summed E-state index contributed by atoms with van der Waals surface area (Å²) in [6.07, 6.45) is -4.90. The zero-order chi connectivity index (χ0) is 20.9. The predicted molar refractivity (Wildman–Crippen MR) is 90.0 cm³/mol. The van der Waals surface area contributed by atoms with Crippen LogP contribution < -0.4 is 10.1 Å². The van der Waals surface area contributed by atoms with Crippen LogP contribution in [0.2, 0.25) is 0 Å². The second-order valence-corrected chi connectivity index (χ2v) is 5.34. The number of esters is 1. The summed E-state index contributed by atoms with van der Waals surface area (Å²) in [5.74, 6) is -1.28. The summed E-state index contributed by atoms with van der Waals surface area (Å²) in [5, 5.41) is 12.7. The number of benzene rings is 2. The minimum absolute atomic E-state index is 0.197. The van der Waals surface area contributed by atoms with Crippen LogP contribution in [0.3, 0.4) is 0 Å². The maximum absolute atomic E-state index is 13.1. The average molecular weight is 398 g/mol. The van der Waals surface area contributed by atoms with Gasteiger partial charge in [-0.2, -0.15) is 13.2 Å². The molecule has 8 nitrogen and oxygen atoms in total. The van der Waals surface area contributed by atoms with Crippen molar-refractivity contribution in [3.8, 4) is 5.75 Å². The molecule has 0 spiro atoms. The molecule has 0 fully saturated rings. The van der Waals surface area contributed by atoms with Crippen molar-refractivity contribution >= 4 is 23.3 Å². The smallest absolute Gasteiger partial charge is 0.418 e. The van der Waals surface area contributed by atoms with Gasteiger partial charge in [0.25, 0.3) is 11.6 Å². The van der Waals surface area contributed by atoms with E-state index in [2.05, 4.69) is 4.74 Å². The Morgan fingerprint density at radius 1 is 1.14 bits per heavy atom. The second kappa shape index (κ2) is 8.37. The van der Waals surface area contributed by atoms with Crippen LogP contribution in [-0.2, 0) is 15.7 Å². The Hall–Kier alpha value is -3.63. The minimum atomic E-state index is -4.90. The predicted octanol–water partition coefficient (Wildman–Crippen LogP) is 3.42. The van der Waals surface area contributed by atoms with Crippen molar-refractivity contribution in [1.82, 2.24) is 0 Å². The summed E-state index contributed by atoms with van der Waals surface area (Å²) in [6, 6.07) is 7.51. The molecule has 28 heavy (non-hydrogen) atoms. The second-order valence-electron chi connectivity index (χ2n) is 5.34. The molecule has 0 aliphatic carbocycles. The molecule has 0 aliphatic rings. The maximum Gasteiger partial charge on any atom is 0.418 e. The van der Waals surface area contributed by atoms with Gasteiger partial charge in [-0.1, -0.05) is 0 Å². The summed E-state index contributed by atoms with van der Waals surface area (Å²) in [6.45, 7) is -0.619. The maximum atomic E-state index is 13.1. The molecule has 0 unspecified atom stereocenters. The lowest BCUT2D eigenvalue weighted by atomic mass is 10.1. The van der Waals surface area contributed by atoms with E-state index in [1.807, 2.05) is 5.32 Å². The van der Waals surface area contributed by atoms with E-state index in [4.69, 9.17) is 4.74 Å². The van der Waals surface area contributed by atoms with Gasteiger partial charge in [-0.15, -0.1) is 0 Å². The fourth-order valence-corrected chi connectivity index (χ4v) is 2.13. The number of methoxy groups -OCH3 is 1. The summed E-state index contributed by atoms with van der Waals surface area (Å²) < 4.78 is 48.9. The van der Waals surface area contributed by atoms with Gasteiger partial charge in [0, 0.05) is 12.1 Å². The molecule has 1 amide bonds. The van der Waals surface area contributed by atoms with Gasteiger partial charge >= 0.3 is 12.1 Å². The largest absolute Gasteiger partial charge is 0.484 e. The SMILES string of the molecule is COC(=O)c1ccc(OCC(=O)Nc2ccc([N+](=O)[O-])cc2C(F)(F)F)cc1. The average Bonchev–Trinajstić information content (AvgIpc) is 2.65. The normalized spacial score (nSPS) is 10.9. The van der Waals surface area contributed by atoms with E-state index in [0.29, 0.717) is 6.07 Å². The first-order valence-corrected chi connectivity index (χ1v) is 7.58. The molecule has 0 atom stereocenters. The van der Waals surface area contributed by atoms with Gasteiger partial charge in [0.2, 0.25) is 0 Å². The lowest BCUT2D eigenvalue weighted by Gasteiger charge is -2.14. The van der Waals surface area contributed by atoms with Crippen LogP contribution in [0.25, 0.3) is 0 Å². The molecule has 0 saturated carbocycles. The molecule has 0 bridgehead atoms. The third-order valence-electron chi connectivity index (χ3n) is 3.44. The Labute approximate surface area is 156 Å². The highest BCUT2D eigenvalue weighted by molar-refractivity contribution is 5.93. The summed E-state index contributed by atoms with van der Waals surface area (Å²) in [7, 11) is 1.21. The number of hydrogen-bond acceptors (Lipinski definition) is 6. The fraction of sp³-hybridized carbons (Fsp3) is 0.176. The Kier molecular flexibility index (Phi) is 6.18. The van der Waals surface area contributed by atoms with Crippen LogP contribution in [0.5, 0.6) is 5.75 Å². The molecule has 2 rings (SSSR count). The van der Waals surface area contributed by atoms with Gasteiger partial charge in [0.05, 0.1) is 28.8 Å². The van der Waals surface area contributed by atoms with Crippen molar-refractivity contribution in [2.45, 2.75) is 6.18 Å². The number of amides is 1. The molecule has 11 heteroatoms. The number of anilines is 1. The van der Waals surface area contributed by atoms with Gasteiger partial charge in [-0.25, -0.2) is 4.79 Å². The number of hydrogen-bond donors (Lipinski definition) is 1. The molecule has 0 aliphatic heterocycles. The third-order valence-corrected chi connectivity index (χ3v) is 3.44. The number of rotatable bonds is 6. The van der Waals surface area contributed by atoms with Crippen molar-refractivity contribution in [3.05, 3.63) is 63.7 Å². The van der Waals surface area contributed by atoms with Crippen LogP contribution in [0.4, 0.5) is 24.5 Å². The molecular formula is C17H13F3N2O6. The highest BCUT2D eigenvalue weighted by Crippen LogP contribution is 2.37. The van der Waals surface area contributed by atoms with Crippen molar-refractivity contribution in [3.63, 3.8) is 0 Å². The molecular weight excluding hydrogens is 385 g/mol. The van der Waals surface area contributed by atoms with E-state index in [1.54, 1.807) is 0 Å². The molecule has 0 aromatic heterocycles. The summed E-state index contributed by atoms with van der Waals surface area (Å²) in [4.78, 5) is 32.9. The van der Waals surface area contributed by atoms with E-state index >= 15 is 0 Å². The third kappa shape index (κ3) is 5.19. The summed E-state index contributed by atoms with van der Waals surface area (Å²) in [5.41, 5.74) is -2.49. The van der Waals surface area contributed by atoms with Crippen molar-refractivity contribution < 1.29 is 37.2 Å². The number of carbonyl (C=O) groups excluding carboxylic acids is 2. The molecule has 0 heterocycles. The number of nitro benzene ring substituents is 1. The monoisotopic (exact) mass is 398 g/mol. The van der Waals surface area contributed by atoms with E-state index in [0.717, 1.165) is 12.1 Å². The highest BCUT2D eigenvalue weighted by atomic mass is 19.4. The Morgan fingerprint density at radius 2 is 1.79 bits per heavy atom. The number of ether oxygens (including phenoxy) is 2. The molecule has 1 N–H and O–H groups in total. The van der Waals surface area contributed by atoms with Crippen molar-refractivity contribution in [2.75, 3.05) is 19.0 Å². The van der Waals surface area contributed by atoms with Crippen LogP contribution in [-0.4, -0.2) is 30.5 Å².